The molecule has 0 aliphatic rings. The third kappa shape index (κ3) is 8.94. The quantitative estimate of drug-likeness (QED) is 0.412. The number of ether oxygens (including phenoxy) is 1. The smallest absolute Gasteiger partial charge is 0.118 e. The molecule has 0 aliphatic heterocycles. The summed E-state index contributed by atoms with van der Waals surface area (Å²) in [5.41, 5.74) is 10.6. The van der Waals surface area contributed by atoms with E-state index in [1.54, 1.807) is 0 Å². The second-order valence-corrected chi connectivity index (χ2v) is 6.52. The van der Waals surface area contributed by atoms with Gasteiger partial charge in [-0.05, 0) is 50.3 Å². The van der Waals surface area contributed by atoms with Gasteiger partial charge in [-0.2, -0.15) is 0 Å². The zero-order chi connectivity index (χ0) is 19.4. The van der Waals surface area contributed by atoms with Crippen molar-refractivity contribution in [3.63, 3.8) is 0 Å². The molecule has 0 heterocycles. The van der Waals surface area contributed by atoms with E-state index in [-0.39, 0.29) is 6.04 Å². The lowest BCUT2D eigenvalue weighted by molar-refractivity contribution is 0.0598. The predicted octanol–water partition coefficient (Wildman–Crippen LogP) is 4.63. The Morgan fingerprint density at radius 1 is 1.20 bits per heavy atom. The van der Waals surface area contributed by atoms with E-state index in [9.17, 15) is 0 Å². The second-order valence-electron chi connectivity index (χ2n) is 6.52. The van der Waals surface area contributed by atoms with Crippen LogP contribution in [0.2, 0.25) is 0 Å². The molecule has 2 N–H and O–H groups in total. The standard InChI is InChI=1S/C21H39N3O/c1-9-12-21(11-3)24(8)19(6)18(5)20(10-2)13-14-23(7)16-25-15-17(4)22/h12-14,17H,6,9-11,15-16,22H2,1-5,7-8H3/b14-13-,20-18+,21-12+/t17-/m0/s1. The third-order valence-electron chi connectivity index (χ3n) is 4.14. The minimum atomic E-state index is 0.0634. The average molecular weight is 350 g/mol. The lowest BCUT2D eigenvalue weighted by atomic mass is 10.0. The topological polar surface area (TPSA) is 41.7 Å². The van der Waals surface area contributed by atoms with E-state index in [1.807, 2.05) is 18.9 Å². The summed E-state index contributed by atoms with van der Waals surface area (Å²) in [7, 11) is 4.10. The van der Waals surface area contributed by atoms with Crippen LogP contribution in [0.3, 0.4) is 0 Å². The fraction of sp³-hybridized carbons (Fsp3) is 0.619. The Hall–Kier alpha value is -1.52. The molecular formula is C21H39N3O. The molecule has 144 valence electrons. The number of nitrogens with two attached hydrogens (primary N) is 1. The van der Waals surface area contributed by atoms with E-state index >= 15 is 0 Å². The highest BCUT2D eigenvalue weighted by atomic mass is 16.5. The highest BCUT2D eigenvalue weighted by molar-refractivity contribution is 5.37. The van der Waals surface area contributed by atoms with Crippen LogP contribution in [0.25, 0.3) is 0 Å². The third-order valence-corrected chi connectivity index (χ3v) is 4.14. The van der Waals surface area contributed by atoms with E-state index in [0.717, 1.165) is 25.0 Å². The first kappa shape index (κ1) is 23.5. The van der Waals surface area contributed by atoms with Crippen LogP contribution in [-0.2, 0) is 4.74 Å². The van der Waals surface area contributed by atoms with Gasteiger partial charge in [0.05, 0.1) is 6.61 Å². The van der Waals surface area contributed by atoms with Gasteiger partial charge in [0.1, 0.15) is 6.73 Å². The summed E-state index contributed by atoms with van der Waals surface area (Å²) in [6, 6.07) is 0.0634. The van der Waals surface area contributed by atoms with Crippen molar-refractivity contribution in [2.45, 2.75) is 59.9 Å². The summed E-state index contributed by atoms with van der Waals surface area (Å²) in [6.45, 7) is 16.0. The number of hydrogen-bond acceptors (Lipinski definition) is 4. The molecule has 0 radical (unpaired) electrons. The zero-order valence-corrected chi connectivity index (χ0v) is 17.4. The maximum Gasteiger partial charge on any atom is 0.118 e. The number of allylic oxidation sites excluding steroid dienone is 5. The lowest BCUT2D eigenvalue weighted by Gasteiger charge is -2.26. The molecule has 0 bridgehead atoms. The number of hydrogen-bond donors (Lipinski definition) is 1. The van der Waals surface area contributed by atoms with Gasteiger partial charge in [0.25, 0.3) is 0 Å². The van der Waals surface area contributed by atoms with Crippen LogP contribution >= 0.6 is 0 Å². The maximum atomic E-state index is 5.69. The summed E-state index contributed by atoms with van der Waals surface area (Å²) in [5.74, 6) is 0. The summed E-state index contributed by atoms with van der Waals surface area (Å²) < 4.78 is 5.54. The Morgan fingerprint density at radius 3 is 2.32 bits per heavy atom. The Bertz CT molecular complexity index is 489. The molecule has 0 saturated heterocycles. The van der Waals surface area contributed by atoms with Crippen molar-refractivity contribution in [1.29, 1.82) is 0 Å². The van der Waals surface area contributed by atoms with Gasteiger partial charge in [0.15, 0.2) is 0 Å². The molecule has 0 unspecified atom stereocenters. The second kappa shape index (κ2) is 12.8. The van der Waals surface area contributed by atoms with Gasteiger partial charge in [-0.25, -0.2) is 0 Å². The van der Waals surface area contributed by atoms with Crippen molar-refractivity contribution >= 4 is 0 Å². The monoisotopic (exact) mass is 349 g/mol. The van der Waals surface area contributed by atoms with Crippen molar-refractivity contribution in [3.8, 4) is 0 Å². The highest BCUT2D eigenvalue weighted by Gasteiger charge is 2.10. The minimum absolute atomic E-state index is 0.0634. The summed E-state index contributed by atoms with van der Waals surface area (Å²) in [5, 5.41) is 0. The lowest BCUT2D eigenvalue weighted by Crippen LogP contribution is -2.25. The van der Waals surface area contributed by atoms with Gasteiger partial charge in [-0.1, -0.05) is 33.4 Å². The Balaban J connectivity index is 5.05. The molecule has 0 aromatic carbocycles. The van der Waals surface area contributed by atoms with Crippen molar-refractivity contribution < 1.29 is 4.74 Å². The largest absolute Gasteiger partial charge is 0.360 e. The predicted molar refractivity (Wildman–Crippen MR) is 110 cm³/mol. The van der Waals surface area contributed by atoms with Gasteiger partial charge >= 0.3 is 0 Å². The van der Waals surface area contributed by atoms with E-state index in [0.29, 0.717) is 13.3 Å². The number of rotatable bonds is 12. The van der Waals surface area contributed by atoms with Crippen LogP contribution in [0, 0.1) is 0 Å². The van der Waals surface area contributed by atoms with Crippen LogP contribution in [0.5, 0.6) is 0 Å². The first-order chi connectivity index (χ1) is 11.8. The molecule has 0 aliphatic carbocycles. The van der Waals surface area contributed by atoms with Gasteiger partial charge in [-0.15, -0.1) is 0 Å². The Kier molecular flexibility index (Phi) is 12.0. The van der Waals surface area contributed by atoms with Crippen molar-refractivity contribution in [1.82, 2.24) is 9.80 Å². The molecule has 0 amide bonds. The highest BCUT2D eigenvalue weighted by Crippen LogP contribution is 2.23. The van der Waals surface area contributed by atoms with Crippen LogP contribution in [0.15, 0.2) is 47.5 Å². The fourth-order valence-corrected chi connectivity index (χ4v) is 2.52. The van der Waals surface area contributed by atoms with E-state index in [4.69, 9.17) is 10.5 Å². The summed E-state index contributed by atoms with van der Waals surface area (Å²) in [4.78, 5) is 4.23. The van der Waals surface area contributed by atoms with Gasteiger partial charge in [0.2, 0.25) is 0 Å². The maximum absolute atomic E-state index is 5.69. The number of nitrogens with zero attached hydrogens (tertiary/aromatic N) is 2. The van der Waals surface area contributed by atoms with Gasteiger partial charge in [-0.3, -0.25) is 0 Å². The van der Waals surface area contributed by atoms with Crippen molar-refractivity contribution in [2.75, 3.05) is 27.4 Å². The molecule has 0 fully saturated rings. The molecule has 1 atom stereocenters. The van der Waals surface area contributed by atoms with Crippen LogP contribution in [-0.4, -0.2) is 43.3 Å². The molecule has 25 heavy (non-hydrogen) atoms. The van der Waals surface area contributed by atoms with Gasteiger partial charge in [0, 0.05) is 37.7 Å². The minimum Gasteiger partial charge on any atom is -0.360 e. The molecule has 0 saturated carbocycles. The fourth-order valence-electron chi connectivity index (χ4n) is 2.52. The Morgan fingerprint density at radius 2 is 1.84 bits per heavy atom. The van der Waals surface area contributed by atoms with Crippen LogP contribution in [0.4, 0.5) is 0 Å². The number of likely N-dealkylation sites (N-methyl/N-ethyl adjacent to an activating group) is 1. The molecule has 4 nitrogen and oxygen atoms in total. The van der Waals surface area contributed by atoms with Crippen molar-refractivity contribution in [2.24, 2.45) is 5.73 Å². The molecule has 0 aromatic rings. The zero-order valence-electron chi connectivity index (χ0n) is 17.4. The van der Waals surface area contributed by atoms with Gasteiger partial charge < -0.3 is 20.3 Å². The summed E-state index contributed by atoms with van der Waals surface area (Å²) in [6.07, 6.45) is 9.48. The molecular weight excluding hydrogens is 310 g/mol. The molecule has 4 heteroatoms. The molecule has 0 rings (SSSR count). The van der Waals surface area contributed by atoms with Crippen LogP contribution < -0.4 is 5.73 Å². The van der Waals surface area contributed by atoms with E-state index in [2.05, 4.69) is 64.6 Å². The Labute approximate surface area is 155 Å². The molecule has 0 spiro atoms. The average Bonchev–Trinajstić information content (AvgIpc) is 2.58. The first-order valence-corrected chi connectivity index (χ1v) is 9.31. The first-order valence-electron chi connectivity index (χ1n) is 9.31. The SMILES string of the molecule is C=C(/C(C)=C(/C=C\N(C)COC[C@H](C)N)CC)N(C)/C(=C/CC)CC. The van der Waals surface area contributed by atoms with Crippen molar-refractivity contribution in [3.05, 3.63) is 47.5 Å². The normalized spacial score (nSPS) is 14.5. The summed E-state index contributed by atoms with van der Waals surface area (Å²) >= 11 is 0. The molecule has 0 aromatic heterocycles. The van der Waals surface area contributed by atoms with Crippen LogP contribution in [0.1, 0.15) is 53.9 Å². The van der Waals surface area contributed by atoms with E-state index < -0.39 is 0 Å². The van der Waals surface area contributed by atoms with E-state index in [1.165, 1.54) is 16.8 Å².